The van der Waals surface area contributed by atoms with Crippen LogP contribution in [0.5, 0.6) is 11.5 Å². The minimum Gasteiger partial charge on any atom is -0.497 e. The first kappa shape index (κ1) is 78.3. The van der Waals surface area contributed by atoms with E-state index in [1.54, 1.807) is 19.1 Å². The van der Waals surface area contributed by atoms with Crippen LogP contribution in [-0.2, 0) is 43.7 Å². The smallest absolute Gasteiger partial charge is 0.407 e. The van der Waals surface area contributed by atoms with E-state index in [1.807, 2.05) is 78.9 Å². The van der Waals surface area contributed by atoms with Crippen molar-refractivity contribution in [3.05, 3.63) is 95.6 Å². The number of carbonyl (C=O) groups is 4. The van der Waals surface area contributed by atoms with Gasteiger partial charge in [0.25, 0.3) is 0 Å². The van der Waals surface area contributed by atoms with Gasteiger partial charge in [0.1, 0.15) is 35.9 Å². The fraction of sp³-hybridized carbons (Fsp3) is 0.714. The zero-order valence-electron chi connectivity index (χ0n) is 57.7. The fourth-order valence-corrected chi connectivity index (χ4v) is 12.4. The van der Waals surface area contributed by atoms with Crippen molar-refractivity contribution in [2.24, 2.45) is 0 Å². The van der Waals surface area contributed by atoms with Gasteiger partial charge in [0.15, 0.2) is 0 Å². The lowest BCUT2D eigenvalue weighted by molar-refractivity contribution is -0.150. The molecule has 14 heteroatoms. The third-order valence-electron chi connectivity index (χ3n) is 18.0. The van der Waals surface area contributed by atoms with E-state index in [-0.39, 0.29) is 56.9 Å². The van der Waals surface area contributed by atoms with Crippen molar-refractivity contribution in [2.45, 2.75) is 288 Å². The number of amides is 3. The molecule has 3 aromatic rings. The van der Waals surface area contributed by atoms with Crippen LogP contribution in [0.25, 0.3) is 0 Å². The Balaban J connectivity index is 1.24. The van der Waals surface area contributed by atoms with E-state index in [9.17, 15) is 19.2 Å². The van der Waals surface area contributed by atoms with Crippen molar-refractivity contribution in [1.82, 2.24) is 15.5 Å². The van der Waals surface area contributed by atoms with Crippen LogP contribution in [0, 0.1) is 0 Å². The molecule has 0 bridgehead atoms. The number of esters is 1. The number of methoxy groups -OCH3 is 2. The monoisotopic (exact) mass is 1270 g/mol. The molecule has 2 N–H and O–H groups in total. The quantitative estimate of drug-likeness (QED) is 0.0314. The van der Waals surface area contributed by atoms with E-state index in [0.717, 1.165) is 42.4 Å². The normalized spacial score (nSPS) is 14.3. The summed E-state index contributed by atoms with van der Waals surface area (Å²) in [5.41, 5.74) is 1.47. The Morgan fingerprint density at radius 2 is 0.967 bits per heavy atom. The summed E-state index contributed by atoms with van der Waals surface area (Å²) in [6, 6.07) is 25.1. The molecular formula is C77H125N3O11. The lowest BCUT2D eigenvalue weighted by atomic mass is 9.80. The molecular weight excluding hydrogens is 1140 g/mol. The van der Waals surface area contributed by atoms with E-state index < -0.39 is 29.8 Å². The van der Waals surface area contributed by atoms with Crippen molar-refractivity contribution in [3.63, 3.8) is 0 Å². The summed E-state index contributed by atoms with van der Waals surface area (Å²) in [6.07, 6.45) is 43.5. The van der Waals surface area contributed by atoms with Crippen LogP contribution in [-0.4, -0.2) is 114 Å². The second kappa shape index (κ2) is 51.3. The van der Waals surface area contributed by atoms with E-state index in [0.29, 0.717) is 63.5 Å². The third kappa shape index (κ3) is 34.0. The molecule has 0 spiro atoms. The SMILES string of the molecule is CCCCCCCCCCCCCCCCCCOCC(COC(=O)NCCCCCC(=O)N1C[C@H](OC(=O)CCC(=O)NC)C[C@@H]1COC(c1ccccc1)(c1ccc(OC)cc1)c1ccc(OC)cc1)OCCCCCCCCCCCCCCCCCC. The van der Waals surface area contributed by atoms with E-state index in [4.69, 9.17) is 33.2 Å². The maximum Gasteiger partial charge on any atom is 0.407 e. The summed E-state index contributed by atoms with van der Waals surface area (Å²) in [7, 11) is 4.80. The molecule has 514 valence electrons. The van der Waals surface area contributed by atoms with E-state index in [1.165, 1.54) is 187 Å². The van der Waals surface area contributed by atoms with Crippen LogP contribution in [0.15, 0.2) is 78.9 Å². The first-order valence-corrected chi connectivity index (χ1v) is 36.4. The number of nitrogens with one attached hydrogen (secondary N) is 2. The molecule has 0 saturated carbocycles. The first-order valence-electron chi connectivity index (χ1n) is 36.4. The van der Waals surface area contributed by atoms with Crippen LogP contribution >= 0.6 is 0 Å². The standard InChI is InChI=1S/C77H125N3O11/c1-6-8-10-12-14-16-18-20-22-24-26-28-30-32-34-42-58-87-63-72(88-59-43-35-33-31-29-27-25-23-21-19-17-15-13-11-9-7-2)64-89-76(84)79-57-41-37-40-46-74(82)80-61-71(91-75(83)56-55-73(81)78-3)60-68(80)62-90-77(65-44-38-36-39-45-65,66-47-51-69(85-4)52-48-66)67-49-53-70(86-5)54-50-67/h36,38-39,44-45,47-54,68,71-72H,6-35,37,40-43,46,55-64H2,1-5H3,(H,78,81)(H,79,84)/t68-,71-,72?/m1/s1. The Kier molecular flexibility index (Phi) is 44.1. The van der Waals surface area contributed by atoms with Crippen molar-refractivity contribution in [1.29, 1.82) is 0 Å². The molecule has 0 aliphatic carbocycles. The van der Waals surface area contributed by atoms with Gasteiger partial charge in [0, 0.05) is 46.1 Å². The molecule has 1 unspecified atom stereocenters. The van der Waals surface area contributed by atoms with Gasteiger partial charge in [-0.15, -0.1) is 0 Å². The number of hydrogen-bond acceptors (Lipinski definition) is 11. The Bertz CT molecular complexity index is 2240. The van der Waals surface area contributed by atoms with Gasteiger partial charge in [-0.2, -0.15) is 0 Å². The molecule has 14 nitrogen and oxygen atoms in total. The van der Waals surface area contributed by atoms with Gasteiger partial charge in [-0.25, -0.2) is 4.79 Å². The molecule has 1 aliphatic heterocycles. The number of unbranched alkanes of at least 4 members (excludes halogenated alkanes) is 32. The van der Waals surface area contributed by atoms with Crippen LogP contribution in [0.2, 0.25) is 0 Å². The van der Waals surface area contributed by atoms with Crippen LogP contribution in [0.1, 0.15) is 281 Å². The highest BCUT2D eigenvalue weighted by atomic mass is 16.6. The molecule has 0 aromatic heterocycles. The molecule has 4 rings (SSSR count). The summed E-state index contributed by atoms with van der Waals surface area (Å²) in [5.74, 6) is 0.577. The Labute approximate surface area is 551 Å². The molecule has 1 aliphatic rings. The van der Waals surface area contributed by atoms with Gasteiger partial charge in [0.05, 0.1) is 46.4 Å². The maximum atomic E-state index is 14.3. The summed E-state index contributed by atoms with van der Waals surface area (Å²) < 4.78 is 42.5. The minimum atomic E-state index is -1.12. The zero-order valence-corrected chi connectivity index (χ0v) is 57.7. The van der Waals surface area contributed by atoms with Gasteiger partial charge in [-0.05, 0) is 66.6 Å². The van der Waals surface area contributed by atoms with Crippen LogP contribution in [0.4, 0.5) is 4.79 Å². The maximum absolute atomic E-state index is 14.3. The highest BCUT2D eigenvalue weighted by Gasteiger charge is 2.42. The van der Waals surface area contributed by atoms with Crippen molar-refractivity contribution >= 4 is 23.9 Å². The van der Waals surface area contributed by atoms with Gasteiger partial charge in [-0.3, -0.25) is 14.4 Å². The number of benzene rings is 3. The molecule has 1 fully saturated rings. The van der Waals surface area contributed by atoms with Gasteiger partial charge in [-0.1, -0.05) is 267 Å². The summed E-state index contributed by atoms with van der Waals surface area (Å²) in [6.45, 7) is 7.09. The highest BCUT2D eigenvalue weighted by Crippen LogP contribution is 2.42. The Morgan fingerprint density at radius 3 is 1.44 bits per heavy atom. The average Bonchev–Trinajstić information content (AvgIpc) is 1.46. The largest absolute Gasteiger partial charge is 0.497 e. The molecule has 1 saturated heterocycles. The third-order valence-corrected chi connectivity index (χ3v) is 18.0. The minimum absolute atomic E-state index is 0.0102. The van der Waals surface area contributed by atoms with Crippen LogP contribution < -0.4 is 20.1 Å². The van der Waals surface area contributed by atoms with Crippen molar-refractivity contribution in [3.8, 4) is 11.5 Å². The number of alkyl carbamates (subject to hydrolysis) is 1. The van der Waals surface area contributed by atoms with E-state index >= 15 is 0 Å². The summed E-state index contributed by atoms with van der Waals surface area (Å²) in [4.78, 5) is 54.2. The number of likely N-dealkylation sites (tertiary alicyclic amines) is 1. The number of rotatable bonds is 57. The second-order valence-electron chi connectivity index (χ2n) is 25.5. The Morgan fingerprint density at radius 1 is 0.516 bits per heavy atom. The van der Waals surface area contributed by atoms with Gasteiger partial charge in [0.2, 0.25) is 11.8 Å². The number of hydrogen-bond donors (Lipinski definition) is 2. The molecule has 3 atom stereocenters. The second-order valence-corrected chi connectivity index (χ2v) is 25.5. The van der Waals surface area contributed by atoms with E-state index in [2.05, 4.69) is 24.5 Å². The zero-order chi connectivity index (χ0) is 65.1. The molecule has 1 heterocycles. The summed E-state index contributed by atoms with van der Waals surface area (Å²) in [5, 5.41) is 5.47. The number of carbonyl (C=O) groups excluding carboxylic acids is 4. The molecule has 91 heavy (non-hydrogen) atoms. The molecule has 3 amide bonds. The first-order chi connectivity index (χ1) is 44.7. The Hall–Kier alpha value is -5.18. The lowest BCUT2D eigenvalue weighted by Crippen LogP contribution is -2.42. The van der Waals surface area contributed by atoms with Crippen LogP contribution in [0.3, 0.4) is 0 Å². The highest BCUT2D eigenvalue weighted by molar-refractivity contribution is 5.81. The fourth-order valence-electron chi connectivity index (χ4n) is 12.4. The molecule has 0 radical (unpaired) electrons. The topological polar surface area (TPSA) is 160 Å². The van der Waals surface area contributed by atoms with Gasteiger partial charge >= 0.3 is 12.1 Å². The predicted molar refractivity (Wildman–Crippen MR) is 369 cm³/mol. The lowest BCUT2D eigenvalue weighted by Gasteiger charge is -2.38. The van der Waals surface area contributed by atoms with Crippen molar-refractivity contribution in [2.75, 3.05) is 67.4 Å². The number of nitrogens with zero attached hydrogens (tertiary/aromatic N) is 1. The number of ether oxygens (including phenoxy) is 7. The predicted octanol–water partition coefficient (Wildman–Crippen LogP) is 18.3. The van der Waals surface area contributed by atoms with Gasteiger partial charge < -0.3 is 48.7 Å². The van der Waals surface area contributed by atoms with Crippen molar-refractivity contribution < 1.29 is 52.3 Å². The summed E-state index contributed by atoms with van der Waals surface area (Å²) >= 11 is 0. The average molecular weight is 1270 g/mol. The molecule has 3 aromatic carbocycles.